The highest BCUT2D eigenvalue weighted by Crippen LogP contribution is 2.57. The number of rotatable bonds is 5. The molecule has 7 nitrogen and oxygen atoms in total. The molecule has 2 saturated carbocycles. The van der Waals surface area contributed by atoms with Crippen LogP contribution in [0.1, 0.15) is 29.4 Å². The van der Waals surface area contributed by atoms with E-state index < -0.39 is 12.2 Å². The molecule has 2 fully saturated rings. The number of fused-ring (bicyclic) bond motifs is 2. The van der Waals surface area contributed by atoms with Gasteiger partial charge in [-0.3, -0.25) is 0 Å². The average Bonchev–Trinajstić information content (AvgIpc) is 3.47. The number of hydrogen-bond acceptors (Lipinski definition) is 6. The lowest BCUT2D eigenvalue weighted by Crippen LogP contribution is -2.31. The molecule has 2 aromatic heterocycles. The van der Waals surface area contributed by atoms with Crippen LogP contribution in [0.5, 0.6) is 0 Å². The van der Waals surface area contributed by atoms with Crippen molar-refractivity contribution in [2.75, 3.05) is 11.9 Å². The number of halogens is 1. The van der Waals surface area contributed by atoms with Crippen LogP contribution in [0.4, 0.5) is 10.2 Å². The predicted molar refractivity (Wildman–Crippen MR) is 129 cm³/mol. The molecule has 2 heterocycles. The summed E-state index contributed by atoms with van der Waals surface area (Å²) in [6, 6.07) is 15.8. The summed E-state index contributed by atoms with van der Waals surface area (Å²) in [5.41, 5.74) is 2.86. The molecule has 4 aromatic rings. The van der Waals surface area contributed by atoms with Crippen molar-refractivity contribution in [2.45, 2.75) is 31.1 Å². The van der Waals surface area contributed by atoms with Gasteiger partial charge in [-0.15, -0.1) is 0 Å². The fraction of sp³-hybridized carbons (Fsp3) is 0.296. The molecule has 2 aliphatic rings. The standard InChI is InChI=1S/C27H24FN5O2/c28-18-8-4-7-17(13-18)11-12-29-26-22-27(32-21(31-26)10-9-16-5-2-1-3-6-16)33(15-30-22)23-19-14-20(19)24(34)25(23)35/h1-8,13,15,19-20,23-25,34-35H,11-12,14H2,(H,29,31,32)/t19-,20+,23+,24+,25-/m0/s1. The number of imidazole rings is 1. The zero-order valence-electron chi connectivity index (χ0n) is 18.8. The van der Waals surface area contributed by atoms with Gasteiger partial charge in [-0.05, 0) is 60.4 Å². The molecule has 3 N–H and O–H groups in total. The second kappa shape index (κ2) is 8.77. The third kappa shape index (κ3) is 4.14. The summed E-state index contributed by atoms with van der Waals surface area (Å²) < 4.78 is 15.4. The lowest BCUT2D eigenvalue weighted by molar-refractivity contribution is 0.00386. The summed E-state index contributed by atoms with van der Waals surface area (Å²) in [6.45, 7) is 0.517. The summed E-state index contributed by atoms with van der Waals surface area (Å²) in [5.74, 6) is 7.06. The van der Waals surface area contributed by atoms with Gasteiger partial charge in [0, 0.05) is 12.1 Å². The van der Waals surface area contributed by atoms with Crippen LogP contribution in [0, 0.1) is 29.5 Å². The Kier molecular flexibility index (Phi) is 5.44. The highest BCUT2D eigenvalue weighted by Gasteiger charge is 2.60. The van der Waals surface area contributed by atoms with Gasteiger partial charge < -0.3 is 20.1 Å². The Labute approximate surface area is 201 Å². The van der Waals surface area contributed by atoms with Crippen LogP contribution < -0.4 is 5.32 Å². The Morgan fingerprint density at radius 3 is 2.63 bits per heavy atom. The van der Waals surface area contributed by atoms with Gasteiger partial charge in [-0.1, -0.05) is 36.3 Å². The van der Waals surface area contributed by atoms with E-state index in [-0.39, 0.29) is 23.7 Å². The fourth-order valence-corrected chi connectivity index (χ4v) is 5.08. The van der Waals surface area contributed by atoms with Crippen molar-refractivity contribution in [2.24, 2.45) is 11.8 Å². The summed E-state index contributed by atoms with van der Waals surface area (Å²) >= 11 is 0. The first-order valence-electron chi connectivity index (χ1n) is 11.7. The first-order valence-corrected chi connectivity index (χ1v) is 11.7. The third-order valence-corrected chi connectivity index (χ3v) is 6.90. The van der Waals surface area contributed by atoms with Crippen LogP contribution in [0.25, 0.3) is 11.2 Å². The summed E-state index contributed by atoms with van der Waals surface area (Å²) in [4.78, 5) is 13.8. The number of aliphatic hydroxyl groups is 2. The van der Waals surface area contributed by atoms with Gasteiger partial charge in [0.2, 0.25) is 5.82 Å². The van der Waals surface area contributed by atoms with Gasteiger partial charge in [0.25, 0.3) is 0 Å². The van der Waals surface area contributed by atoms with E-state index >= 15 is 0 Å². The molecular formula is C27H24FN5O2. The van der Waals surface area contributed by atoms with Gasteiger partial charge in [-0.25, -0.2) is 19.3 Å². The Bertz CT molecular complexity index is 1440. The number of aliphatic hydroxyl groups excluding tert-OH is 2. The Morgan fingerprint density at radius 2 is 1.86 bits per heavy atom. The maximum absolute atomic E-state index is 13.5. The van der Waals surface area contributed by atoms with Gasteiger partial charge in [0.15, 0.2) is 17.0 Å². The van der Waals surface area contributed by atoms with Crippen molar-refractivity contribution in [3.05, 3.63) is 83.7 Å². The van der Waals surface area contributed by atoms with E-state index in [1.54, 1.807) is 12.4 Å². The van der Waals surface area contributed by atoms with Crippen LogP contribution in [0.15, 0.2) is 60.9 Å². The van der Waals surface area contributed by atoms with Crippen molar-refractivity contribution in [1.82, 2.24) is 19.5 Å². The van der Waals surface area contributed by atoms with Crippen molar-refractivity contribution in [3.8, 4) is 11.8 Å². The molecular weight excluding hydrogens is 445 g/mol. The molecule has 176 valence electrons. The van der Waals surface area contributed by atoms with E-state index in [1.165, 1.54) is 12.1 Å². The topological polar surface area (TPSA) is 96.1 Å². The number of nitrogens with zero attached hydrogens (tertiary/aromatic N) is 4. The van der Waals surface area contributed by atoms with Gasteiger partial charge in [-0.2, -0.15) is 0 Å². The highest BCUT2D eigenvalue weighted by molar-refractivity contribution is 5.83. The van der Waals surface area contributed by atoms with Crippen LogP contribution in [0.2, 0.25) is 0 Å². The van der Waals surface area contributed by atoms with E-state index in [1.807, 2.05) is 41.0 Å². The summed E-state index contributed by atoms with van der Waals surface area (Å²) in [6.07, 6.45) is 1.55. The van der Waals surface area contributed by atoms with Crippen molar-refractivity contribution < 1.29 is 14.6 Å². The number of anilines is 1. The second-order valence-electron chi connectivity index (χ2n) is 9.18. The number of hydrogen-bond donors (Lipinski definition) is 3. The molecule has 35 heavy (non-hydrogen) atoms. The SMILES string of the molecule is O[C@@H]1[C@H](O)[C@@H]2C[C@@H]2[C@H]1n1cnc2c(NCCc3cccc(F)c3)nc(C#Cc3ccccc3)nc21. The largest absolute Gasteiger partial charge is 0.390 e. The molecule has 0 spiro atoms. The third-order valence-electron chi connectivity index (χ3n) is 6.90. The zero-order valence-corrected chi connectivity index (χ0v) is 18.8. The molecule has 0 radical (unpaired) electrons. The first-order chi connectivity index (χ1) is 17.1. The zero-order chi connectivity index (χ0) is 23.9. The Balaban J connectivity index is 1.35. The Hall–Kier alpha value is -3.80. The molecule has 5 atom stereocenters. The predicted octanol–water partition coefficient (Wildman–Crippen LogP) is 2.93. The first kappa shape index (κ1) is 21.7. The smallest absolute Gasteiger partial charge is 0.209 e. The molecule has 2 aromatic carbocycles. The fourth-order valence-electron chi connectivity index (χ4n) is 5.08. The van der Waals surface area contributed by atoms with E-state index in [9.17, 15) is 14.6 Å². The van der Waals surface area contributed by atoms with Crippen LogP contribution >= 0.6 is 0 Å². The molecule has 2 aliphatic carbocycles. The molecule has 0 aliphatic heterocycles. The van der Waals surface area contributed by atoms with Gasteiger partial charge >= 0.3 is 0 Å². The molecule has 0 bridgehead atoms. The molecule has 0 unspecified atom stereocenters. The number of benzene rings is 2. The maximum Gasteiger partial charge on any atom is 0.209 e. The molecule has 6 rings (SSSR count). The van der Waals surface area contributed by atoms with E-state index in [4.69, 9.17) is 0 Å². The van der Waals surface area contributed by atoms with Crippen LogP contribution in [-0.2, 0) is 6.42 Å². The minimum Gasteiger partial charge on any atom is -0.390 e. The van der Waals surface area contributed by atoms with Crippen LogP contribution in [-0.4, -0.2) is 48.5 Å². The molecule has 0 amide bonds. The molecule has 8 heteroatoms. The average molecular weight is 470 g/mol. The number of aromatic nitrogens is 4. The van der Waals surface area contributed by atoms with Crippen molar-refractivity contribution in [1.29, 1.82) is 0 Å². The number of nitrogens with one attached hydrogen (secondary N) is 1. The van der Waals surface area contributed by atoms with Crippen molar-refractivity contribution in [3.63, 3.8) is 0 Å². The summed E-state index contributed by atoms with van der Waals surface area (Å²) in [5, 5.41) is 24.3. The monoisotopic (exact) mass is 469 g/mol. The van der Waals surface area contributed by atoms with Crippen LogP contribution in [0.3, 0.4) is 0 Å². The normalized spacial score (nSPS) is 24.6. The Morgan fingerprint density at radius 1 is 1.00 bits per heavy atom. The quantitative estimate of drug-likeness (QED) is 0.389. The maximum atomic E-state index is 13.5. The van der Waals surface area contributed by atoms with E-state index in [2.05, 4.69) is 32.1 Å². The minimum atomic E-state index is -0.866. The van der Waals surface area contributed by atoms with Crippen molar-refractivity contribution >= 4 is 17.0 Å². The van der Waals surface area contributed by atoms with Gasteiger partial charge in [0.1, 0.15) is 11.9 Å². The highest BCUT2D eigenvalue weighted by atomic mass is 19.1. The summed E-state index contributed by atoms with van der Waals surface area (Å²) in [7, 11) is 0. The lowest BCUT2D eigenvalue weighted by Gasteiger charge is -2.22. The lowest BCUT2D eigenvalue weighted by atomic mass is 10.1. The molecule has 0 saturated heterocycles. The van der Waals surface area contributed by atoms with E-state index in [0.717, 1.165) is 17.5 Å². The van der Waals surface area contributed by atoms with E-state index in [0.29, 0.717) is 35.8 Å². The second-order valence-corrected chi connectivity index (χ2v) is 9.18. The van der Waals surface area contributed by atoms with Gasteiger partial charge in [0.05, 0.1) is 18.5 Å². The minimum absolute atomic E-state index is 0.121.